The summed E-state index contributed by atoms with van der Waals surface area (Å²) >= 11 is 5.93. The zero-order valence-electron chi connectivity index (χ0n) is 9.38. The summed E-state index contributed by atoms with van der Waals surface area (Å²) in [5, 5.41) is 3.98. The van der Waals surface area contributed by atoms with Crippen molar-refractivity contribution in [3.8, 4) is 0 Å². The fourth-order valence-electron chi connectivity index (χ4n) is 2.45. The first-order chi connectivity index (χ1) is 7.34. The van der Waals surface area contributed by atoms with Crippen LogP contribution in [-0.4, -0.2) is 31.2 Å². The van der Waals surface area contributed by atoms with Crippen molar-refractivity contribution in [3.05, 3.63) is 0 Å². The molecule has 15 heavy (non-hydrogen) atoms. The van der Waals surface area contributed by atoms with Crippen molar-refractivity contribution in [2.24, 2.45) is 5.92 Å². The molecule has 1 heterocycles. The summed E-state index contributed by atoms with van der Waals surface area (Å²) in [5.74, 6) is 0.843. The lowest BCUT2D eigenvalue weighted by Crippen LogP contribution is -2.34. The summed E-state index contributed by atoms with van der Waals surface area (Å²) in [4.78, 5) is 0. The SMILES string of the molecule is ClC1CC(CNCCCC2CCCO2)C1. The van der Waals surface area contributed by atoms with E-state index in [1.807, 2.05) is 0 Å². The number of rotatable bonds is 6. The summed E-state index contributed by atoms with van der Waals surface area (Å²) < 4.78 is 5.58. The van der Waals surface area contributed by atoms with Crippen LogP contribution in [0.5, 0.6) is 0 Å². The third-order valence-corrected chi connectivity index (χ3v) is 3.87. The smallest absolute Gasteiger partial charge is 0.0576 e. The zero-order chi connectivity index (χ0) is 10.5. The highest BCUT2D eigenvalue weighted by Gasteiger charge is 2.26. The van der Waals surface area contributed by atoms with E-state index in [-0.39, 0.29) is 0 Å². The van der Waals surface area contributed by atoms with Gasteiger partial charge in [0, 0.05) is 12.0 Å². The van der Waals surface area contributed by atoms with Crippen molar-refractivity contribution in [3.63, 3.8) is 0 Å². The van der Waals surface area contributed by atoms with Crippen LogP contribution >= 0.6 is 11.6 Å². The van der Waals surface area contributed by atoms with E-state index in [4.69, 9.17) is 16.3 Å². The minimum atomic E-state index is 0.462. The minimum absolute atomic E-state index is 0.462. The van der Waals surface area contributed by atoms with Crippen molar-refractivity contribution in [2.75, 3.05) is 19.7 Å². The van der Waals surface area contributed by atoms with Crippen LogP contribution in [0.3, 0.4) is 0 Å². The van der Waals surface area contributed by atoms with Gasteiger partial charge in [-0.1, -0.05) is 0 Å². The van der Waals surface area contributed by atoms with E-state index in [0.29, 0.717) is 11.5 Å². The molecule has 1 atom stereocenters. The molecule has 2 rings (SSSR count). The minimum Gasteiger partial charge on any atom is -0.378 e. The summed E-state index contributed by atoms with van der Waals surface area (Å²) in [6.45, 7) is 3.29. The third-order valence-electron chi connectivity index (χ3n) is 3.51. The average Bonchev–Trinajstić information content (AvgIpc) is 2.67. The fraction of sp³-hybridized carbons (Fsp3) is 1.00. The highest BCUT2D eigenvalue weighted by Crippen LogP contribution is 2.31. The van der Waals surface area contributed by atoms with Crippen LogP contribution in [0.1, 0.15) is 38.5 Å². The van der Waals surface area contributed by atoms with E-state index in [1.165, 1.54) is 38.5 Å². The molecule has 88 valence electrons. The van der Waals surface area contributed by atoms with Gasteiger partial charge in [0.2, 0.25) is 0 Å². The topological polar surface area (TPSA) is 21.3 Å². The van der Waals surface area contributed by atoms with E-state index in [1.54, 1.807) is 0 Å². The van der Waals surface area contributed by atoms with Crippen molar-refractivity contribution < 1.29 is 4.74 Å². The summed E-state index contributed by atoms with van der Waals surface area (Å²) in [6.07, 6.45) is 7.99. The van der Waals surface area contributed by atoms with E-state index >= 15 is 0 Å². The van der Waals surface area contributed by atoms with Gasteiger partial charge in [0.05, 0.1) is 6.10 Å². The van der Waals surface area contributed by atoms with Crippen LogP contribution < -0.4 is 5.32 Å². The molecule has 0 aromatic carbocycles. The number of ether oxygens (including phenoxy) is 1. The maximum atomic E-state index is 5.93. The normalized spacial score (nSPS) is 35.4. The Morgan fingerprint density at radius 3 is 2.87 bits per heavy atom. The van der Waals surface area contributed by atoms with Gasteiger partial charge < -0.3 is 10.1 Å². The average molecular weight is 232 g/mol. The molecule has 0 amide bonds. The molecule has 1 aliphatic carbocycles. The quantitative estimate of drug-likeness (QED) is 0.561. The molecule has 1 aliphatic heterocycles. The second-order valence-electron chi connectivity index (χ2n) is 4.92. The largest absolute Gasteiger partial charge is 0.378 e. The molecular formula is C12H22ClNO. The van der Waals surface area contributed by atoms with Gasteiger partial charge in [-0.25, -0.2) is 0 Å². The molecule has 1 saturated carbocycles. The molecule has 0 bridgehead atoms. The molecule has 0 radical (unpaired) electrons. The molecule has 2 fully saturated rings. The Kier molecular flexibility index (Phi) is 4.73. The van der Waals surface area contributed by atoms with Gasteiger partial charge in [-0.15, -0.1) is 11.6 Å². The summed E-state index contributed by atoms with van der Waals surface area (Å²) in [5.41, 5.74) is 0. The van der Waals surface area contributed by atoms with Gasteiger partial charge in [-0.2, -0.15) is 0 Å². The van der Waals surface area contributed by atoms with Crippen LogP contribution in [0.25, 0.3) is 0 Å². The Bertz CT molecular complexity index is 176. The predicted octanol–water partition coefficient (Wildman–Crippen LogP) is 2.55. The van der Waals surface area contributed by atoms with Gasteiger partial charge in [0.25, 0.3) is 0 Å². The lowest BCUT2D eigenvalue weighted by molar-refractivity contribution is 0.102. The van der Waals surface area contributed by atoms with E-state index in [0.717, 1.165) is 25.6 Å². The Labute approximate surface area is 97.7 Å². The highest BCUT2D eigenvalue weighted by molar-refractivity contribution is 6.21. The molecular weight excluding hydrogens is 210 g/mol. The van der Waals surface area contributed by atoms with Crippen LogP contribution in [0.2, 0.25) is 0 Å². The lowest BCUT2D eigenvalue weighted by Gasteiger charge is -2.31. The number of hydrogen-bond donors (Lipinski definition) is 1. The van der Waals surface area contributed by atoms with Crippen molar-refractivity contribution in [1.82, 2.24) is 5.32 Å². The first-order valence-corrected chi connectivity index (χ1v) is 6.74. The molecule has 1 unspecified atom stereocenters. The third kappa shape index (κ3) is 3.93. The predicted molar refractivity (Wildman–Crippen MR) is 63.4 cm³/mol. The van der Waals surface area contributed by atoms with Crippen LogP contribution in [0.4, 0.5) is 0 Å². The molecule has 2 aliphatic rings. The van der Waals surface area contributed by atoms with Gasteiger partial charge in [-0.05, 0) is 57.5 Å². The van der Waals surface area contributed by atoms with Crippen LogP contribution in [-0.2, 0) is 4.74 Å². The van der Waals surface area contributed by atoms with Gasteiger partial charge in [0.15, 0.2) is 0 Å². The molecule has 2 nitrogen and oxygen atoms in total. The number of nitrogens with one attached hydrogen (secondary N) is 1. The Balaban J connectivity index is 1.39. The monoisotopic (exact) mass is 231 g/mol. The van der Waals surface area contributed by atoms with E-state index in [9.17, 15) is 0 Å². The summed E-state index contributed by atoms with van der Waals surface area (Å²) in [7, 11) is 0. The Morgan fingerprint density at radius 2 is 2.20 bits per heavy atom. The molecule has 3 heteroatoms. The first-order valence-electron chi connectivity index (χ1n) is 6.31. The number of alkyl halides is 1. The molecule has 0 spiro atoms. The van der Waals surface area contributed by atoms with Gasteiger partial charge in [-0.3, -0.25) is 0 Å². The standard InChI is InChI=1S/C12H22ClNO/c13-11-7-10(8-11)9-14-5-1-3-12-4-2-6-15-12/h10-12,14H,1-9H2. The van der Waals surface area contributed by atoms with E-state index in [2.05, 4.69) is 5.32 Å². The molecule has 1 saturated heterocycles. The number of hydrogen-bond acceptors (Lipinski definition) is 2. The molecule has 0 aromatic heterocycles. The number of halogens is 1. The second-order valence-corrected chi connectivity index (χ2v) is 5.53. The zero-order valence-corrected chi connectivity index (χ0v) is 10.1. The van der Waals surface area contributed by atoms with Gasteiger partial charge >= 0.3 is 0 Å². The maximum Gasteiger partial charge on any atom is 0.0576 e. The first kappa shape index (κ1) is 11.7. The maximum absolute atomic E-state index is 5.93. The van der Waals surface area contributed by atoms with Crippen molar-refractivity contribution in [2.45, 2.75) is 50.0 Å². The van der Waals surface area contributed by atoms with Gasteiger partial charge in [0.1, 0.15) is 0 Å². The lowest BCUT2D eigenvalue weighted by atomic mass is 9.85. The van der Waals surface area contributed by atoms with Crippen molar-refractivity contribution in [1.29, 1.82) is 0 Å². The molecule has 0 aromatic rings. The second kappa shape index (κ2) is 6.07. The van der Waals surface area contributed by atoms with Crippen molar-refractivity contribution >= 4 is 11.6 Å². The van der Waals surface area contributed by atoms with Crippen LogP contribution in [0.15, 0.2) is 0 Å². The Morgan fingerprint density at radius 1 is 1.33 bits per heavy atom. The van der Waals surface area contributed by atoms with Crippen LogP contribution in [0, 0.1) is 5.92 Å². The Hall–Kier alpha value is 0.210. The fourth-order valence-corrected chi connectivity index (χ4v) is 2.96. The molecule has 1 N–H and O–H groups in total. The summed E-state index contributed by atoms with van der Waals surface area (Å²) in [6, 6.07) is 0. The highest BCUT2D eigenvalue weighted by atomic mass is 35.5. The van der Waals surface area contributed by atoms with E-state index < -0.39 is 0 Å².